The predicted molar refractivity (Wildman–Crippen MR) is 266 cm³/mol. The summed E-state index contributed by atoms with van der Waals surface area (Å²) in [6.07, 6.45) is 1.62. The van der Waals surface area contributed by atoms with Crippen LogP contribution < -0.4 is 0 Å². The average Bonchev–Trinajstić information content (AvgIpc) is 3.89. The monoisotopic (exact) mass is 1020 g/mol. The Bertz CT molecular complexity index is 3460. The Kier molecular flexibility index (Phi) is 11.8. The van der Waals surface area contributed by atoms with Crippen LogP contribution in [0.1, 0.15) is 77.1 Å². The van der Waals surface area contributed by atoms with Gasteiger partial charge in [-0.1, -0.05) is 144 Å². The molecule has 5 nitrogen and oxygen atoms in total. The van der Waals surface area contributed by atoms with Crippen molar-refractivity contribution in [3.05, 3.63) is 193 Å². The summed E-state index contributed by atoms with van der Waals surface area (Å²) in [7, 11) is 0. The second-order valence-corrected chi connectivity index (χ2v) is 18.3. The summed E-state index contributed by atoms with van der Waals surface area (Å²) in [6.45, 7) is 15.6. The minimum absolute atomic E-state index is 0. The van der Waals surface area contributed by atoms with Crippen LogP contribution in [0.5, 0.6) is 0 Å². The Labute approximate surface area is 394 Å². The zero-order valence-electron chi connectivity index (χ0n) is 37.8. The molecule has 0 aliphatic heterocycles. The standard InChI is InChI=1S/C45H35N2O.C14H15N2.Ir/c1-27(2)36-24-32(29-13-6-5-7-14-29)25-37(28(3)4)43(36)47-41-20-11-10-19-40(41)46-45(47)35-18-12-17-34-39-23-31-22-21-30-15-8-9-16-33(30)38(31)26-42(39)48-44(34)35;1-14(2,3)13-9-12(15-10-16-13)11-7-5-4-6-8-11;/h5-17,19-28H,1-4H3;4-7,9-10H,1-3H3;/q2*-1;. The smallest absolute Gasteiger partial charge is 0.121 e. The molecule has 0 aliphatic rings. The number of benzene rings is 8. The van der Waals surface area contributed by atoms with Gasteiger partial charge < -0.3 is 8.98 Å². The molecule has 0 saturated heterocycles. The van der Waals surface area contributed by atoms with Crippen LogP contribution in [0.2, 0.25) is 0 Å². The van der Waals surface area contributed by atoms with E-state index in [9.17, 15) is 0 Å². The molecule has 0 fully saturated rings. The van der Waals surface area contributed by atoms with Gasteiger partial charge in [-0.05, 0) is 97.7 Å². The summed E-state index contributed by atoms with van der Waals surface area (Å²) >= 11 is 0. The van der Waals surface area contributed by atoms with Gasteiger partial charge in [0.25, 0.3) is 0 Å². The van der Waals surface area contributed by atoms with Crippen molar-refractivity contribution in [2.45, 2.75) is 65.7 Å². The fourth-order valence-corrected chi connectivity index (χ4v) is 8.91. The molecule has 65 heavy (non-hydrogen) atoms. The quantitative estimate of drug-likeness (QED) is 0.123. The van der Waals surface area contributed by atoms with Crippen molar-refractivity contribution in [2.24, 2.45) is 0 Å². The second-order valence-electron chi connectivity index (χ2n) is 18.3. The van der Waals surface area contributed by atoms with Crippen LogP contribution in [0.3, 0.4) is 0 Å². The number of furan rings is 1. The van der Waals surface area contributed by atoms with E-state index in [0.717, 1.165) is 61.3 Å². The Morgan fingerprint density at radius 2 is 1.29 bits per heavy atom. The molecule has 0 bridgehead atoms. The molecule has 1 radical (unpaired) electrons. The molecule has 0 atom stereocenters. The van der Waals surface area contributed by atoms with Crippen LogP contribution in [0.15, 0.2) is 168 Å². The number of para-hydroxylation sites is 2. The maximum atomic E-state index is 6.83. The van der Waals surface area contributed by atoms with E-state index in [1.807, 2.05) is 36.4 Å². The molecular weight excluding hydrogens is 973 g/mol. The minimum Gasteiger partial charge on any atom is -0.501 e. The van der Waals surface area contributed by atoms with E-state index in [1.54, 1.807) is 6.33 Å². The molecule has 0 N–H and O–H groups in total. The van der Waals surface area contributed by atoms with Crippen molar-refractivity contribution in [3.8, 4) is 39.5 Å². The van der Waals surface area contributed by atoms with Crippen LogP contribution in [0.25, 0.3) is 94.0 Å². The topological polar surface area (TPSA) is 56.7 Å². The molecule has 323 valence electrons. The van der Waals surface area contributed by atoms with Crippen LogP contribution >= 0.6 is 0 Å². The summed E-state index contributed by atoms with van der Waals surface area (Å²) in [4.78, 5) is 13.9. The fourth-order valence-electron chi connectivity index (χ4n) is 8.91. The third kappa shape index (κ3) is 8.18. The Morgan fingerprint density at radius 3 is 2.03 bits per heavy atom. The first-order valence-electron chi connectivity index (χ1n) is 22.2. The molecule has 6 heteroatoms. The van der Waals surface area contributed by atoms with Crippen molar-refractivity contribution in [1.82, 2.24) is 19.5 Å². The van der Waals surface area contributed by atoms with Gasteiger partial charge in [-0.3, -0.25) is 9.97 Å². The Hall–Kier alpha value is -6.72. The van der Waals surface area contributed by atoms with Crippen molar-refractivity contribution >= 4 is 54.5 Å². The summed E-state index contributed by atoms with van der Waals surface area (Å²) in [5.41, 5.74) is 13.8. The van der Waals surface area contributed by atoms with E-state index in [0.29, 0.717) is 0 Å². The normalized spacial score (nSPS) is 11.8. The zero-order valence-corrected chi connectivity index (χ0v) is 40.2. The van der Waals surface area contributed by atoms with Gasteiger partial charge in [0.15, 0.2) is 0 Å². The third-order valence-corrected chi connectivity index (χ3v) is 12.2. The first-order valence-corrected chi connectivity index (χ1v) is 22.2. The van der Waals surface area contributed by atoms with E-state index in [2.05, 4.69) is 196 Å². The largest absolute Gasteiger partial charge is 0.501 e. The molecule has 8 aromatic carbocycles. The molecule has 0 unspecified atom stereocenters. The summed E-state index contributed by atoms with van der Waals surface area (Å²) in [5, 5.41) is 7.02. The first-order chi connectivity index (χ1) is 31.0. The SMILES string of the molecule is CC(C)(C)c1cc(-c2[c-]cccc2)ncn1.CC(C)c1cc(-c2ccccc2)cc(C(C)C)c1-n1c(-c2[c-]ccc3c2oc2cc4c(ccc5ccccc54)cc23)nc2ccccc21.[Ir]. The van der Waals surface area contributed by atoms with Gasteiger partial charge in [0, 0.05) is 42.3 Å². The number of hydrogen-bond acceptors (Lipinski definition) is 4. The fraction of sp³-hybridized carbons (Fsp3) is 0.169. The van der Waals surface area contributed by atoms with Crippen molar-refractivity contribution in [1.29, 1.82) is 0 Å². The number of fused-ring (bicyclic) bond motifs is 7. The second kappa shape index (κ2) is 17.7. The van der Waals surface area contributed by atoms with Gasteiger partial charge in [0.2, 0.25) is 0 Å². The molecular formula is C59H50IrN4O-2. The molecule has 0 saturated carbocycles. The molecule has 0 spiro atoms. The number of hydrogen-bond donors (Lipinski definition) is 0. The number of imidazole rings is 1. The predicted octanol–water partition coefficient (Wildman–Crippen LogP) is 15.9. The van der Waals surface area contributed by atoms with Gasteiger partial charge in [-0.25, -0.2) is 4.98 Å². The van der Waals surface area contributed by atoms with Gasteiger partial charge >= 0.3 is 0 Å². The summed E-state index contributed by atoms with van der Waals surface area (Å²) in [5.74, 6) is 1.40. The van der Waals surface area contributed by atoms with Gasteiger partial charge in [-0.2, -0.15) is 0 Å². The van der Waals surface area contributed by atoms with E-state index >= 15 is 0 Å². The number of nitrogens with zero attached hydrogens (tertiary/aromatic N) is 4. The maximum Gasteiger partial charge on any atom is 0.121 e. The van der Waals surface area contributed by atoms with Crippen LogP contribution in [-0.4, -0.2) is 19.5 Å². The molecule has 11 rings (SSSR count). The molecule has 3 heterocycles. The van der Waals surface area contributed by atoms with Crippen molar-refractivity contribution in [2.75, 3.05) is 0 Å². The van der Waals surface area contributed by atoms with Gasteiger partial charge in [0.1, 0.15) is 11.9 Å². The summed E-state index contributed by atoms with van der Waals surface area (Å²) < 4.78 is 9.20. The Balaban J connectivity index is 0.000000266. The molecule has 11 aromatic rings. The maximum absolute atomic E-state index is 6.83. The van der Waals surface area contributed by atoms with Crippen LogP contribution in [0.4, 0.5) is 0 Å². The van der Waals surface area contributed by atoms with E-state index in [1.165, 1.54) is 49.5 Å². The number of aromatic nitrogens is 4. The molecule has 3 aromatic heterocycles. The minimum atomic E-state index is 0. The van der Waals surface area contributed by atoms with E-state index in [4.69, 9.17) is 9.40 Å². The molecule has 0 amide bonds. The number of rotatable bonds is 6. The summed E-state index contributed by atoms with van der Waals surface area (Å²) in [6, 6.07) is 62.1. The van der Waals surface area contributed by atoms with Crippen molar-refractivity contribution in [3.63, 3.8) is 0 Å². The van der Waals surface area contributed by atoms with Crippen LogP contribution in [0, 0.1) is 12.1 Å². The van der Waals surface area contributed by atoms with Gasteiger partial charge in [-0.15, -0.1) is 54.1 Å². The Morgan fingerprint density at radius 1 is 0.585 bits per heavy atom. The average molecular weight is 1020 g/mol. The molecule has 0 aliphatic carbocycles. The van der Waals surface area contributed by atoms with E-state index < -0.39 is 0 Å². The zero-order chi connectivity index (χ0) is 44.1. The van der Waals surface area contributed by atoms with Gasteiger partial charge in [0.05, 0.1) is 22.4 Å². The van der Waals surface area contributed by atoms with Crippen molar-refractivity contribution < 1.29 is 24.5 Å². The third-order valence-electron chi connectivity index (χ3n) is 12.2. The van der Waals surface area contributed by atoms with E-state index in [-0.39, 0.29) is 37.4 Å². The van der Waals surface area contributed by atoms with Crippen LogP contribution in [-0.2, 0) is 25.5 Å². The first kappa shape index (κ1) is 43.5.